The number of phosphoric ester groups is 3. The first kappa shape index (κ1) is 47.6. The van der Waals surface area contributed by atoms with E-state index in [4.69, 9.17) is 19.9 Å². The lowest BCUT2D eigenvalue weighted by Gasteiger charge is -2.35. The molecule has 0 bridgehead atoms. The number of nitrogens with zero attached hydrogens (tertiary/aromatic N) is 7. The number of nitrogen functional groups attached to an aromatic ring is 1. The molecule has 3 aliphatic rings. The molecule has 0 amide bonds. The van der Waals surface area contributed by atoms with E-state index >= 15 is 0 Å². The largest absolute Gasteiger partial charge is 0.790 e. The first-order valence-corrected chi connectivity index (χ1v) is 23.2. The fraction of sp³-hybridized carbons (Fsp3) is 0.600. The maximum atomic E-state index is 12.9. The summed E-state index contributed by atoms with van der Waals surface area (Å²) >= 11 is 0. The minimum atomic E-state index is -6.06. The molecule has 3 fully saturated rings. The number of anilines is 2. The molecule has 0 radical (unpaired) electrons. The molecular formula is C25H31N10O24P4-5. The molecule has 0 aliphatic carbocycles. The van der Waals surface area contributed by atoms with Gasteiger partial charge in [-0.05, 0) is 0 Å². The maximum Gasteiger partial charge on any atom is 0.280 e. The van der Waals surface area contributed by atoms with Crippen LogP contribution in [-0.2, 0) is 54.7 Å². The zero-order valence-corrected chi connectivity index (χ0v) is 34.4. The van der Waals surface area contributed by atoms with Crippen LogP contribution in [0.2, 0.25) is 0 Å². The first-order chi connectivity index (χ1) is 29.3. The van der Waals surface area contributed by atoms with Gasteiger partial charge in [0.25, 0.3) is 29.0 Å². The van der Waals surface area contributed by atoms with Gasteiger partial charge in [0.1, 0.15) is 66.8 Å². The fourth-order valence-electron chi connectivity index (χ4n) is 6.38. The highest BCUT2D eigenvalue weighted by molar-refractivity contribution is 7.59. The summed E-state index contributed by atoms with van der Waals surface area (Å²) in [5.74, 6) is -0.541. The Morgan fingerprint density at radius 1 is 0.667 bits per heavy atom. The molecule has 0 saturated carbocycles. The van der Waals surface area contributed by atoms with Gasteiger partial charge in [-0.25, -0.2) is 24.2 Å². The number of aliphatic hydroxyl groups is 6. The normalized spacial score (nSPS) is 33.1. The van der Waals surface area contributed by atoms with Crippen LogP contribution >= 0.6 is 31.3 Å². The Bertz CT molecular complexity index is 2580. The summed E-state index contributed by atoms with van der Waals surface area (Å²) in [7, 11) is -23.5. The Hall–Kier alpha value is -3.34. The quantitative estimate of drug-likeness (QED) is 0.0444. The van der Waals surface area contributed by atoms with Crippen LogP contribution in [-0.4, -0.2) is 151 Å². The number of H-pyrrole nitrogens is 1. The van der Waals surface area contributed by atoms with E-state index in [1.165, 1.54) is 4.57 Å². The molecule has 15 atom stereocenters. The van der Waals surface area contributed by atoms with Crippen LogP contribution in [0.15, 0.2) is 23.8 Å². The van der Waals surface area contributed by atoms with E-state index < -0.39 is 147 Å². The van der Waals surface area contributed by atoms with Crippen LogP contribution in [0.3, 0.4) is 0 Å². The van der Waals surface area contributed by atoms with Crippen LogP contribution < -0.4 is 41.1 Å². The summed E-state index contributed by atoms with van der Waals surface area (Å²) in [5, 5.41) is 65.6. The topological polar surface area (TPSA) is 524 Å². The third-order valence-corrected chi connectivity index (χ3v) is 13.9. The highest BCUT2D eigenvalue weighted by atomic mass is 31.3. The van der Waals surface area contributed by atoms with Crippen molar-refractivity contribution in [3.05, 3.63) is 29.3 Å². The number of hydrogen-bond donors (Lipinski definition) is 9. The summed E-state index contributed by atoms with van der Waals surface area (Å²) in [6, 6.07) is 0. The Kier molecular flexibility index (Phi) is 13.5. The van der Waals surface area contributed by atoms with Gasteiger partial charge < -0.3 is 98.5 Å². The third-order valence-electron chi connectivity index (χ3n) is 9.27. The summed E-state index contributed by atoms with van der Waals surface area (Å²) < 4.78 is 86.4. The van der Waals surface area contributed by atoms with Crippen LogP contribution in [0.1, 0.15) is 12.5 Å². The number of aromatic amines is 1. The van der Waals surface area contributed by atoms with Gasteiger partial charge in [-0.2, -0.15) is 4.98 Å². The molecule has 4 unspecified atom stereocenters. The van der Waals surface area contributed by atoms with Gasteiger partial charge in [-0.3, -0.25) is 36.9 Å². The lowest BCUT2D eigenvalue weighted by molar-refractivity contribution is -0.340. The highest BCUT2D eigenvalue weighted by Crippen LogP contribution is 2.56. The van der Waals surface area contributed by atoms with Gasteiger partial charge in [-0.15, -0.1) is 0 Å². The molecule has 4 aromatic rings. The molecule has 10 N–H and O–H groups in total. The van der Waals surface area contributed by atoms with Crippen molar-refractivity contribution in [1.29, 1.82) is 0 Å². The Balaban J connectivity index is 0.936. The SMILES string of the molecule is Nc1ncnc2c1ncn2[C@@H]1O[C@H](COP(=O)([O-])OP(=O)([O-])OC[C@H]2OC(Nc3nc4c(ncn4[C@@H]4O[C@H](COP(=O)([O-])OP(=O)([O-])[O-])[C@@H](O)[C@H]4O)c(=O)[nH]3)[C@H](O)[C@@H]2O)[C@@H](O)[C@H]1O. The first-order valence-electron chi connectivity index (χ1n) is 17.4. The second-order valence-electron chi connectivity index (χ2n) is 13.5. The average molecular weight is 979 g/mol. The standard InChI is InChI=1S/C25H36N10O24P4/c26-18-10-19(28-4-27-18)34(5-29-10)23-16(40)13(37)9(56-23)3-54-63(50,51)59-62(48,49)53-1-7-12(36)15(39)22(55-7)33-25-31-20-11(21(42)32-25)30-6-35(20)24-17(41)14(38)8(57-24)2-52-61(46,47)58-60(43,44)45/h4-9,12-17,22-24,36-41H,1-3H2,(H,46,47)(H,48,49)(H,50,51)(H2,26,27,28)(H2,43,44,45)(H2,31,32,33,42)/p-5/t7-,8-,9-,12-,13-,14-,15-,16-,17-,22?,23-,24-/m1/s1. The van der Waals surface area contributed by atoms with Crippen molar-refractivity contribution in [2.75, 3.05) is 30.9 Å². The number of imidazole rings is 2. The van der Waals surface area contributed by atoms with E-state index in [0.717, 1.165) is 23.5 Å². The lowest BCUT2D eigenvalue weighted by atomic mass is 10.1. The number of rotatable bonds is 17. The molecule has 0 spiro atoms. The molecular weight excluding hydrogens is 948 g/mol. The monoisotopic (exact) mass is 979 g/mol. The zero-order chi connectivity index (χ0) is 46.0. The number of hydrogen-bond acceptors (Lipinski definition) is 31. The molecule has 34 nitrogen and oxygen atoms in total. The smallest absolute Gasteiger partial charge is 0.280 e. The lowest BCUT2D eigenvalue weighted by Crippen LogP contribution is -2.37. The molecule has 0 aromatic carbocycles. The highest BCUT2D eigenvalue weighted by Gasteiger charge is 2.47. The van der Waals surface area contributed by atoms with Gasteiger partial charge in [0.15, 0.2) is 41.3 Å². The predicted octanol–water partition coefficient (Wildman–Crippen LogP) is -8.04. The van der Waals surface area contributed by atoms with Crippen molar-refractivity contribution in [2.45, 2.75) is 73.6 Å². The average Bonchev–Trinajstić information content (AvgIpc) is 3.98. The molecule has 63 heavy (non-hydrogen) atoms. The number of nitrogens with two attached hydrogens (primary N) is 1. The van der Waals surface area contributed by atoms with E-state index in [0.29, 0.717) is 0 Å². The van der Waals surface area contributed by atoms with Crippen molar-refractivity contribution in [2.24, 2.45) is 0 Å². The predicted molar refractivity (Wildman–Crippen MR) is 184 cm³/mol. The second-order valence-corrected chi connectivity index (χ2v) is 19.1. The van der Waals surface area contributed by atoms with E-state index in [1.54, 1.807) is 0 Å². The van der Waals surface area contributed by atoms with Crippen molar-refractivity contribution < 1.29 is 110 Å². The van der Waals surface area contributed by atoms with Gasteiger partial charge in [0.05, 0.1) is 40.3 Å². The summed E-state index contributed by atoms with van der Waals surface area (Å²) in [5.41, 5.74) is 4.18. The molecule has 350 valence electrons. The van der Waals surface area contributed by atoms with E-state index in [2.05, 4.69) is 57.4 Å². The van der Waals surface area contributed by atoms with Gasteiger partial charge in [0, 0.05) is 0 Å². The fourth-order valence-corrected chi connectivity index (χ4v) is 9.89. The molecule has 7 heterocycles. The van der Waals surface area contributed by atoms with Gasteiger partial charge in [0.2, 0.25) is 5.95 Å². The van der Waals surface area contributed by atoms with Gasteiger partial charge in [-0.1, -0.05) is 0 Å². The molecule has 7 rings (SSSR count). The third kappa shape index (κ3) is 10.4. The number of ether oxygens (including phenoxy) is 3. The number of aliphatic hydroxyl groups excluding tert-OH is 6. The molecule has 38 heteroatoms. The van der Waals surface area contributed by atoms with E-state index in [-0.39, 0.29) is 17.0 Å². The zero-order valence-electron chi connectivity index (χ0n) is 30.8. The second kappa shape index (κ2) is 17.8. The summed E-state index contributed by atoms with van der Waals surface area (Å²) in [4.78, 5) is 92.6. The van der Waals surface area contributed by atoms with Crippen molar-refractivity contribution >= 4 is 65.4 Å². The summed E-state index contributed by atoms with van der Waals surface area (Å²) in [6.07, 6.45) is -17.9. The van der Waals surface area contributed by atoms with Crippen molar-refractivity contribution in [1.82, 2.24) is 39.0 Å². The molecule has 3 aliphatic heterocycles. The van der Waals surface area contributed by atoms with Crippen LogP contribution in [0, 0.1) is 0 Å². The van der Waals surface area contributed by atoms with Crippen molar-refractivity contribution in [3.63, 3.8) is 0 Å². The van der Waals surface area contributed by atoms with Gasteiger partial charge >= 0.3 is 0 Å². The minimum absolute atomic E-state index is 0.0122. The van der Waals surface area contributed by atoms with Crippen LogP contribution in [0.5, 0.6) is 0 Å². The van der Waals surface area contributed by atoms with Crippen LogP contribution in [0.25, 0.3) is 22.3 Å². The number of nitrogens with one attached hydrogen (secondary N) is 2. The minimum Gasteiger partial charge on any atom is -0.790 e. The Morgan fingerprint density at radius 3 is 1.68 bits per heavy atom. The molecule has 4 aromatic heterocycles. The number of aromatic nitrogens is 8. The van der Waals surface area contributed by atoms with E-state index in [1.807, 2.05) is 0 Å². The van der Waals surface area contributed by atoms with Crippen molar-refractivity contribution in [3.8, 4) is 0 Å². The number of phosphoric acid groups is 4. The Morgan fingerprint density at radius 2 is 1.14 bits per heavy atom. The Labute approximate surface area is 347 Å². The number of fused-ring (bicyclic) bond motifs is 2. The summed E-state index contributed by atoms with van der Waals surface area (Å²) in [6.45, 7) is -3.44. The molecule has 3 saturated heterocycles. The van der Waals surface area contributed by atoms with E-state index in [9.17, 15) is 78.2 Å². The maximum absolute atomic E-state index is 12.9. The van der Waals surface area contributed by atoms with Crippen LogP contribution in [0.4, 0.5) is 11.8 Å².